The van der Waals surface area contributed by atoms with Crippen LogP contribution in [0.4, 0.5) is 0 Å². The highest BCUT2D eigenvalue weighted by atomic mass is 14.9. The SMILES string of the molecule is CCC[C@@H](N[C@@H](C)CC)c1ccccc1. The summed E-state index contributed by atoms with van der Waals surface area (Å²) < 4.78 is 0. The van der Waals surface area contributed by atoms with Crippen LogP contribution in [0.1, 0.15) is 51.6 Å². The molecule has 0 aromatic heterocycles. The third-order valence-electron chi connectivity index (χ3n) is 2.88. The highest BCUT2D eigenvalue weighted by Gasteiger charge is 2.11. The molecule has 0 aliphatic heterocycles. The van der Waals surface area contributed by atoms with E-state index in [1.807, 2.05) is 0 Å². The molecular weight excluding hydrogens is 182 g/mol. The molecule has 1 nitrogen and oxygen atoms in total. The Bertz CT molecular complexity index is 255. The summed E-state index contributed by atoms with van der Waals surface area (Å²) in [5.74, 6) is 0. The topological polar surface area (TPSA) is 12.0 Å². The monoisotopic (exact) mass is 205 g/mol. The van der Waals surface area contributed by atoms with Gasteiger partial charge in [0.05, 0.1) is 0 Å². The number of hydrogen-bond acceptors (Lipinski definition) is 1. The Labute approximate surface area is 93.9 Å². The van der Waals surface area contributed by atoms with E-state index in [0.717, 1.165) is 0 Å². The normalized spacial score (nSPS) is 14.9. The Kier molecular flexibility index (Phi) is 5.41. The van der Waals surface area contributed by atoms with Crippen LogP contribution in [-0.4, -0.2) is 6.04 Å². The molecular formula is C14H23N. The Balaban J connectivity index is 2.65. The van der Waals surface area contributed by atoms with Crippen LogP contribution in [0, 0.1) is 0 Å². The van der Waals surface area contributed by atoms with Gasteiger partial charge in [-0.15, -0.1) is 0 Å². The van der Waals surface area contributed by atoms with Crippen molar-refractivity contribution in [3.63, 3.8) is 0 Å². The Morgan fingerprint density at radius 1 is 1.13 bits per heavy atom. The average molecular weight is 205 g/mol. The standard InChI is InChI=1S/C14H23N/c1-4-9-14(15-12(3)5-2)13-10-7-6-8-11-13/h6-8,10-12,14-15H,4-5,9H2,1-3H3/t12-,14+/m0/s1. The molecule has 0 saturated carbocycles. The Hall–Kier alpha value is -0.820. The van der Waals surface area contributed by atoms with Crippen LogP contribution < -0.4 is 5.32 Å². The summed E-state index contributed by atoms with van der Waals surface area (Å²) in [6.45, 7) is 6.73. The minimum atomic E-state index is 0.520. The largest absolute Gasteiger partial charge is 0.307 e. The third kappa shape index (κ3) is 4.05. The van der Waals surface area contributed by atoms with Crippen LogP contribution in [0.3, 0.4) is 0 Å². The van der Waals surface area contributed by atoms with Crippen LogP contribution in [-0.2, 0) is 0 Å². The minimum absolute atomic E-state index is 0.520. The molecule has 84 valence electrons. The van der Waals surface area contributed by atoms with Crippen molar-refractivity contribution < 1.29 is 0 Å². The lowest BCUT2D eigenvalue weighted by Gasteiger charge is -2.22. The van der Waals surface area contributed by atoms with E-state index in [1.165, 1.54) is 24.8 Å². The second-order valence-corrected chi connectivity index (χ2v) is 4.23. The maximum Gasteiger partial charge on any atom is 0.0322 e. The zero-order valence-corrected chi connectivity index (χ0v) is 10.2. The van der Waals surface area contributed by atoms with Gasteiger partial charge in [-0.1, -0.05) is 50.6 Å². The summed E-state index contributed by atoms with van der Waals surface area (Å²) in [6, 6.07) is 11.9. The van der Waals surface area contributed by atoms with Gasteiger partial charge in [0.1, 0.15) is 0 Å². The van der Waals surface area contributed by atoms with Crippen molar-refractivity contribution in [1.82, 2.24) is 5.32 Å². The lowest BCUT2D eigenvalue weighted by molar-refractivity contribution is 0.423. The molecule has 0 aliphatic rings. The number of hydrogen-bond donors (Lipinski definition) is 1. The number of benzene rings is 1. The predicted octanol–water partition coefficient (Wildman–Crippen LogP) is 3.92. The summed E-state index contributed by atoms with van der Waals surface area (Å²) in [5, 5.41) is 3.68. The predicted molar refractivity (Wildman–Crippen MR) is 67.0 cm³/mol. The molecule has 0 radical (unpaired) electrons. The molecule has 1 aromatic rings. The molecule has 0 heterocycles. The molecule has 0 bridgehead atoms. The zero-order valence-electron chi connectivity index (χ0n) is 10.2. The Morgan fingerprint density at radius 2 is 1.80 bits per heavy atom. The minimum Gasteiger partial charge on any atom is -0.307 e. The second kappa shape index (κ2) is 6.62. The lowest BCUT2D eigenvalue weighted by atomic mass is 10.0. The van der Waals surface area contributed by atoms with E-state index in [-0.39, 0.29) is 0 Å². The fourth-order valence-corrected chi connectivity index (χ4v) is 1.78. The maximum absolute atomic E-state index is 3.68. The van der Waals surface area contributed by atoms with E-state index in [4.69, 9.17) is 0 Å². The molecule has 0 fully saturated rings. The maximum atomic E-state index is 3.68. The molecule has 1 N–H and O–H groups in total. The molecule has 0 unspecified atom stereocenters. The first-order chi connectivity index (χ1) is 7.27. The van der Waals surface area contributed by atoms with Crippen LogP contribution in [0.5, 0.6) is 0 Å². The first-order valence-electron chi connectivity index (χ1n) is 6.08. The van der Waals surface area contributed by atoms with Gasteiger partial charge >= 0.3 is 0 Å². The van der Waals surface area contributed by atoms with Gasteiger partial charge < -0.3 is 5.32 Å². The van der Waals surface area contributed by atoms with E-state index < -0.39 is 0 Å². The van der Waals surface area contributed by atoms with Crippen molar-refractivity contribution in [3.8, 4) is 0 Å². The smallest absolute Gasteiger partial charge is 0.0322 e. The molecule has 0 saturated heterocycles. The van der Waals surface area contributed by atoms with Crippen molar-refractivity contribution in [2.24, 2.45) is 0 Å². The van der Waals surface area contributed by atoms with Crippen molar-refractivity contribution >= 4 is 0 Å². The van der Waals surface area contributed by atoms with E-state index in [2.05, 4.69) is 56.4 Å². The summed E-state index contributed by atoms with van der Waals surface area (Å²) in [4.78, 5) is 0. The van der Waals surface area contributed by atoms with E-state index in [9.17, 15) is 0 Å². The molecule has 1 heteroatoms. The van der Waals surface area contributed by atoms with Gasteiger partial charge in [0.25, 0.3) is 0 Å². The zero-order chi connectivity index (χ0) is 11.1. The van der Waals surface area contributed by atoms with Gasteiger partial charge in [0.2, 0.25) is 0 Å². The lowest BCUT2D eigenvalue weighted by Crippen LogP contribution is -2.29. The summed E-state index contributed by atoms with van der Waals surface area (Å²) in [5.41, 5.74) is 1.42. The highest BCUT2D eigenvalue weighted by molar-refractivity contribution is 5.18. The number of nitrogens with one attached hydrogen (secondary N) is 1. The van der Waals surface area contributed by atoms with Gasteiger partial charge in [0, 0.05) is 12.1 Å². The van der Waals surface area contributed by atoms with Crippen LogP contribution >= 0.6 is 0 Å². The van der Waals surface area contributed by atoms with Crippen molar-refractivity contribution in [1.29, 1.82) is 0 Å². The van der Waals surface area contributed by atoms with Gasteiger partial charge in [0.15, 0.2) is 0 Å². The van der Waals surface area contributed by atoms with Gasteiger partial charge in [-0.25, -0.2) is 0 Å². The molecule has 1 rings (SSSR count). The summed E-state index contributed by atoms with van der Waals surface area (Å²) in [6.07, 6.45) is 3.63. The molecule has 1 aromatic carbocycles. The first kappa shape index (κ1) is 12.3. The van der Waals surface area contributed by atoms with Crippen molar-refractivity contribution in [2.45, 2.75) is 52.1 Å². The second-order valence-electron chi connectivity index (χ2n) is 4.23. The molecule has 0 aliphatic carbocycles. The molecule has 0 amide bonds. The van der Waals surface area contributed by atoms with Gasteiger partial charge in [-0.3, -0.25) is 0 Å². The molecule has 2 atom stereocenters. The van der Waals surface area contributed by atoms with Crippen molar-refractivity contribution in [3.05, 3.63) is 35.9 Å². The van der Waals surface area contributed by atoms with Crippen LogP contribution in [0.25, 0.3) is 0 Å². The quantitative estimate of drug-likeness (QED) is 0.742. The summed E-state index contributed by atoms with van der Waals surface area (Å²) in [7, 11) is 0. The molecule has 15 heavy (non-hydrogen) atoms. The van der Waals surface area contributed by atoms with E-state index >= 15 is 0 Å². The van der Waals surface area contributed by atoms with E-state index in [0.29, 0.717) is 12.1 Å². The third-order valence-corrected chi connectivity index (χ3v) is 2.88. The van der Waals surface area contributed by atoms with Gasteiger partial charge in [-0.05, 0) is 25.3 Å². The number of rotatable bonds is 6. The van der Waals surface area contributed by atoms with Crippen LogP contribution in [0.2, 0.25) is 0 Å². The van der Waals surface area contributed by atoms with Crippen LogP contribution in [0.15, 0.2) is 30.3 Å². The fraction of sp³-hybridized carbons (Fsp3) is 0.571. The highest BCUT2D eigenvalue weighted by Crippen LogP contribution is 2.19. The molecule has 0 spiro atoms. The first-order valence-corrected chi connectivity index (χ1v) is 6.08. The van der Waals surface area contributed by atoms with Gasteiger partial charge in [-0.2, -0.15) is 0 Å². The fourth-order valence-electron chi connectivity index (χ4n) is 1.78. The average Bonchev–Trinajstić information content (AvgIpc) is 2.29. The van der Waals surface area contributed by atoms with E-state index in [1.54, 1.807) is 0 Å². The van der Waals surface area contributed by atoms with Crippen molar-refractivity contribution in [2.75, 3.05) is 0 Å². The Morgan fingerprint density at radius 3 is 2.33 bits per heavy atom. The summed E-state index contributed by atoms with van der Waals surface area (Å²) >= 11 is 0.